The van der Waals surface area contributed by atoms with Crippen LogP contribution in [-0.4, -0.2) is 48.6 Å². The van der Waals surface area contributed by atoms with Gasteiger partial charge in [-0.3, -0.25) is 4.98 Å². The molecule has 0 saturated carbocycles. The monoisotopic (exact) mass is 290 g/mol. The quantitative estimate of drug-likeness (QED) is 0.923. The van der Waals surface area contributed by atoms with Crippen LogP contribution in [0.2, 0.25) is 0 Å². The van der Waals surface area contributed by atoms with Crippen LogP contribution < -0.4 is 10.2 Å². The third-order valence-corrected chi connectivity index (χ3v) is 4.30. The molecule has 118 valence electrons. The van der Waals surface area contributed by atoms with Gasteiger partial charge in [-0.2, -0.15) is 0 Å². The summed E-state index contributed by atoms with van der Waals surface area (Å²) in [5.74, 6) is 0. The van der Waals surface area contributed by atoms with Gasteiger partial charge in [0.1, 0.15) is 0 Å². The molecule has 1 saturated heterocycles. The molecule has 1 fully saturated rings. The van der Waals surface area contributed by atoms with Gasteiger partial charge in [-0.1, -0.05) is 0 Å². The van der Waals surface area contributed by atoms with Crippen LogP contribution in [0, 0.1) is 0 Å². The zero-order chi connectivity index (χ0) is 15.5. The first kappa shape index (κ1) is 16.2. The van der Waals surface area contributed by atoms with Gasteiger partial charge in [-0.25, -0.2) is 0 Å². The Kier molecular flexibility index (Phi) is 5.22. The highest BCUT2D eigenvalue weighted by molar-refractivity contribution is 5.52. The molecule has 1 aromatic heterocycles. The maximum absolute atomic E-state index is 4.31. The van der Waals surface area contributed by atoms with E-state index in [0.29, 0.717) is 6.04 Å². The molecule has 2 heterocycles. The molecule has 0 unspecified atom stereocenters. The second kappa shape index (κ2) is 6.75. The zero-order valence-electron chi connectivity index (χ0n) is 14.2. The van der Waals surface area contributed by atoms with Crippen LogP contribution in [0.25, 0.3) is 0 Å². The molecule has 0 spiro atoms. The molecule has 0 aromatic carbocycles. The van der Waals surface area contributed by atoms with E-state index in [1.807, 2.05) is 12.4 Å². The fourth-order valence-electron chi connectivity index (χ4n) is 2.84. The van der Waals surface area contributed by atoms with Gasteiger partial charge < -0.3 is 15.1 Å². The molecule has 1 N–H and O–H groups in total. The molecule has 0 amide bonds. The topological polar surface area (TPSA) is 31.4 Å². The predicted octanol–water partition coefficient (Wildman–Crippen LogP) is 2.50. The third kappa shape index (κ3) is 4.68. The first-order valence-electron chi connectivity index (χ1n) is 7.96. The highest BCUT2D eigenvalue weighted by atomic mass is 15.2. The van der Waals surface area contributed by atoms with Crippen molar-refractivity contribution in [3.05, 3.63) is 24.0 Å². The van der Waals surface area contributed by atoms with Crippen molar-refractivity contribution in [2.45, 2.75) is 51.7 Å². The van der Waals surface area contributed by atoms with Gasteiger partial charge in [0.15, 0.2) is 0 Å². The van der Waals surface area contributed by atoms with E-state index in [1.54, 1.807) is 0 Å². The van der Waals surface area contributed by atoms with Crippen LogP contribution in [0.1, 0.15) is 39.2 Å². The van der Waals surface area contributed by atoms with Gasteiger partial charge in [-0.05, 0) is 59.8 Å². The fraction of sp³-hybridized carbons (Fsp3) is 0.706. The average molecular weight is 290 g/mol. The number of likely N-dealkylation sites (tertiary alicyclic amines) is 1. The number of nitrogens with zero attached hydrogens (tertiary/aromatic N) is 3. The number of hydrogen-bond acceptors (Lipinski definition) is 4. The molecule has 0 radical (unpaired) electrons. The van der Waals surface area contributed by atoms with E-state index in [9.17, 15) is 0 Å². The Balaban J connectivity index is 2.08. The molecule has 0 atom stereocenters. The summed E-state index contributed by atoms with van der Waals surface area (Å²) in [5.41, 5.74) is 2.73. The summed E-state index contributed by atoms with van der Waals surface area (Å²) in [6.45, 7) is 9.84. The molecule has 0 aliphatic carbocycles. The van der Waals surface area contributed by atoms with Crippen LogP contribution in [-0.2, 0) is 6.54 Å². The number of anilines is 1. The predicted molar refractivity (Wildman–Crippen MR) is 89.8 cm³/mol. The summed E-state index contributed by atoms with van der Waals surface area (Å²) in [4.78, 5) is 9.18. The summed E-state index contributed by atoms with van der Waals surface area (Å²) in [7, 11) is 4.44. The van der Waals surface area contributed by atoms with E-state index in [4.69, 9.17) is 0 Å². The van der Waals surface area contributed by atoms with Gasteiger partial charge >= 0.3 is 0 Å². The van der Waals surface area contributed by atoms with E-state index in [1.165, 1.54) is 37.2 Å². The molecule has 1 aromatic rings. The summed E-state index contributed by atoms with van der Waals surface area (Å²) < 4.78 is 0. The first-order valence-corrected chi connectivity index (χ1v) is 7.96. The number of piperidine rings is 1. The van der Waals surface area contributed by atoms with Crippen molar-refractivity contribution >= 4 is 5.69 Å². The Morgan fingerprint density at radius 1 is 1.33 bits per heavy atom. The van der Waals surface area contributed by atoms with Crippen molar-refractivity contribution in [3.63, 3.8) is 0 Å². The lowest BCUT2D eigenvalue weighted by atomic mass is 10.0. The highest BCUT2D eigenvalue weighted by Gasteiger charge is 2.22. The Morgan fingerprint density at radius 2 is 2.00 bits per heavy atom. The number of pyridine rings is 1. The largest absolute Gasteiger partial charge is 0.371 e. The van der Waals surface area contributed by atoms with Gasteiger partial charge in [0.25, 0.3) is 0 Å². The van der Waals surface area contributed by atoms with Crippen LogP contribution >= 0.6 is 0 Å². The Bertz CT molecular complexity index is 444. The van der Waals surface area contributed by atoms with Crippen molar-refractivity contribution in [2.75, 3.05) is 32.1 Å². The van der Waals surface area contributed by atoms with Gasteiger partial charge in [0.2, 0.25) is 0 Å². The molecule has 2 rings (SSSR count). The minimum absolute atomic E-state index is 0.124. The molecule has 4 nitrogen and oxygen atoms in total. The maximum Gasteiger partial charge on any atom is 0.0442 e. The fourth-order valence-corrected chi connectivity index (χ4v) is 2.84. The van der Waals surface area contributed by atoms with Crippen molar-refractivity contribution in [1.29, 1.82) is 0 Å². The Morgan fingerprint density at radius 3 is 2.62 bits per heavy atom. The standard InChI is InChI=1S/C17H30N4/c1-17(2,3)19-13-14-12-18-9-6-16(14)21(5)15-7-10-20(4)11-8-15/h6,9,12,15,19H,7-8,10-11,13H2,1-5H3. The average Bonchev–Trinajstić information content (AvgIpc) is 2.45. The minimum atomic E-state index is 0.124. The number of rotatable bonds is 4. The van der Waals surface area contributed by atoms with Crippen LogP contribution in [0.3, 0.4) is 0 Å². The number of hydrogen-bond donors (Lipinski definition) is 1. The smallest absolute Gasteiger partial charge is 0.0442 e. The molecule has 1 aliphatic rings. The Hall–Kier alpha value is -1.13. The normalized spacial score (nSPS) is 18.0. The maximum atomic E-state index is 4.31. The number of aromatic nitrogens is 1. The molecule has 21 heavy (non-hydrogen) atoms. The van der Waals surface area contributed by atoms with E-state index >= 15 is 0 Å². The highest BCUT2D eigenvalue weighted by Crippen LogP contribution is 2.25. The second-order valence-corrected chi connectivity index (χ2v) is 7.25. The lowest BCUT2D eigenvalue weighted by Gasteiger charge is -2.37. The molecular weight excluding hydrogens is 260 g/mol. The van der Waals surface area contributed by atoms with Crippen molar-refractivity contribution in [1.82, 2.24) is 15.2 Å². The third-order valence-electron chi connectivity index (χ3n) is 4.30. The number of nitrogens with one attached hydrogen (secondary N) is 1. The Labute approximate surface area is 129 Å². The van der Waals surface area contributed by atoms with E-state index in [2.05, 4.69) is 61.0 Å². The van der Waals surface area contributed by atoms with Crippen molar-refractivity contribution < 1.29 is 0 Å². The first-order chi connectivity index (χ1) is 9.87. The summed E-state index contributed by atoms with van der Waals surface area (Å²) >= 11 is 0. The summed E-state index contributed by atoms with van der Waals surface area (Å²) in [5, 5.41) is 3.57. The zero-order valence-corrected chi connectivity index (χ0v) is 14.2. The van der Waals surface area contributed by atoms with Gasteiger partial charge in [0.05, 0.1) is 0 Å². The SMILES string of the molecule is CN1CCC(N(C)c2ccncc2CNC(C)(C)C)CC1. The van der Waals surface area contributed by atoms with E-state index in [0.717, 1.165) is 6.54 Å². The lowest BCUT2D eigenvalue weighted by Crippen LogP contribution is -2.42. The summed E-state index contributed by atoms with van der Waals surface area (Å²) in [6.07, 6.45) is 6.38. The molecule has 4 heteroatoms. The summed E-state index contributed by atoms with van der Waals surface area (Å²) in [6, 6.07) is 2.79. The second-order valence-electron chi connectivity index (χ2n) is 7.25. The van der Waals surface area contributed by atoms with E-state index in [-0.39, 0.29) is 5.54 Å². The minimum Gasteiger partial charge on any atom is -0.371 e. The van der Waals surface area contributed by atoms with E-state index < -0.39 is 0 Å². The van der Waals surface area contributed by atoms with Crippen molar-refractivity contribution in [2.24, 2.45) is 0 Å². The lowest BCUT2D eigenvalue weighted by molar-refractivity contribution is 0.252. The van der Waals surface area contributed by atoms with Crippen LogP contribution in [0.5, 0.6) is 0 Å². The van der Waals surface area contributed by atoms with Gasteiger partial charge in [-0.15, -0.1) is 0 Å². The van der Waals surface area contributed by atoms with Crippen molar-refractivity contribution in [3.8, 4) is 0 Å². The molecule has 0 bridgehead atoms. The molecular formula is C17H30N4. The van der Waals surface area contributed by atoms with Crippen LogP contribution in [0.15, 0.2) is 18.5 Å². The molecule has 1 aliphatic heterocycles. The van der Waals surface area contributed by atoms with Gasteiger partial charge in [0, 0.05) is 48.8 Å². The van der Waals surface area contributed by atoms with Crippen LogP contribution in [0.4, 0.5) is 5.69 Å².